The molecular formula is C17H25F3N2O. The molecule has 23 heavy (non-hydrogen) atoms. The lowest BCUT2D eigenvalue weighted by molar-refractivity contribution is -0.137. The van der Waals surface area contributed by atoms with E-state index in [9.17, 15) is 18.3 Å². The molecule has 0 radical (unpaired) electrons. The molecule has 1 aromatic rings. The summed E-state index contributed by atoms with van der Waals surface area (Å²) in [5.74, 6) is 0.616. The van der Waals surface area contributed by atoms with Gasteiger partial charge in [0.25, 0.3) is 0 Å². The van der Waals surface area contributed by atoms with Gasteiger partial charge in [0.2, 0.25) is 0 Å². The maximum Gasteiger partial charge on any atom is 0.416 e. The third-order valence-electron chi connectivity index (χ3n) is 4.27. The highest BCUT2D eigenvalue weighted by Gasteiger charge is 2.31. The molecule has 1 saturated heterocycles. The van der Waals surface area contributed by atoms with Crippen molar-refractivity contribution in [3.05, 3.63) is 35.4 Å². The first-order valence-electron chi connectivity index (χ1n) is 8.05. The van der Waals surface area contributed by atoms with Crippen LogP contribution >= 0.6 is 0 Å². The highest BCUT2D eigenvalue weighted by Crippen LogP contribution is 2.31. The van der Waals surface area contributed by atoms with Crippen molar-refractivity contribution in [2.45, 2.75) is 26.1 Å². The lowest BCUT2D eigenvalue weighted by Gasteiger charge is -2.39. The van der Waals surface area contributed by atoms with Crippen LogP contribution in [0.3, 0.4) is 0 Å². The van der Waals surface area contributed by atoms with E-state index in [0.29, 0.717) is 5.92 Å². The van der Waals surface area contributed by atoms with Crippen LogP contribution in [0.15, 0.2) is 24.3 Å². The van der Waals surface area contributed by atoms with Crippen molar-refractivity contribution in [3.8, 4) is 0 Å². The highest BCUT2D eigenvalue weighted by atomic mass is 19.4. The van der Waals surface area contributed by atoms with Crippen molar-refractivity contribution in [2.24, 2.45) is 5.92 Å². The van der Waals surface area contributed by atoms with E-state index in [2.05, 4.69) is 23.6 Å². The summed E-state index contributed by atoms with van der Waals surface area (Å²) in [5, 5.41) is 9.69. The summed E-state index contributed by atoms with van der Waals surface area (Å²) in [4.78, 5) is 4.54. The monoisotopic (exact) mass is 330 g/mol. The Morgan fingerprint density at radius 3 is 2.04 bits per heavy atom. The predicted molar refractivity (Wildman–Crippen MR) is 84.1 cm³/mol. The second-order valence-electron chi connectivity index (χ2n) is 6.55. The predicted octanol–water partition coefficient (Wildman–Crippen LogP) is 3.01. The summed E-state index contributed by atoms with van der Waals surface area (Å²) in [6.45, 7) is 8.83. The van der Waals surface area contributed by atoms with Gasteiger partial charge in [-0.1, -0.05) is 26.0 Å². The molecule has 6 heteroatoms. The average Bonchev–Trinajstić information content (AvgIpc) is 2.49. The van der Waals surface area contributed by atoms with Gasteiger partial charge in [-0.25, -0.2) is 0 Å². The molecule has 0 aliphatic carbocycles. The molecule has 1 fully saturated rings. The van der Waals surface area contributed by atoms with Crippen molar-refractivity contribution >= 4 is 0 Å². The molecule has 1 unspecified atom stereocenters. The molecule has 0 bridgehead atoms. The summed E-state index contributed by atoms with van der Waals surface area (Å²) in [5.41, 5.74) is 0.0810. The zero-order valence-electron chi connectivity index (χ0n) is 13.7. The quantitative estimate of drug-likeness (QED) is 0.899. The van der Waals surface area contributed by atoms with Gasteiger partial charge < -0.3 is 10.0 Å². The van der Waals surface area contributed by atoms with E-state index in [1.807, 2.05) is 0 Å². The molecule has 0 saturated carbocycles. The summed E-state index contributed by atoms with van der Waals surface area (Å²) in [7, 11) is 0. The van der Waals surface area contributed by atoms with Crippen LogP contribution < -0.4 is 0 Å². The first kappa shape index (κ1) is 18.2. The van der Waals surface area contributed by atoms with Gasteiger partial charge in [-0.3, -0.25) is 4.90 Å². The minimum absolute atomic E-state index is 0.0878. The normalized spacial score (nSPS) is 19.3. The van der Waals surface area contributed by atoms with Crippen LogP contribution in [0, 0.1) is 5.92 Å². The number of halogens is 3. The SMILES string of the molecule is CC(C)CN1CCN(C(CO)c2ccc(C(F)(F)F)cc2)CC1. The molecule has 1 N–H and O–H groups in total. The standard InChI is InChI=1S/C17H25F3N2O/c1-13(2)11-21-7-9-22(10-8-21)16(12-23)14-3-5-15(6-4-14)17(18,19)20/h3-6,13,16,23H,7-12H2,1-2H3. The fraction of sp³-hybridized carbons (Fsp3) is 0.647. The largest absolute Gasteiger partial charge is 0.416 e. The molecule has 0 spiro atoms. The molecule has 3 nitrogen and oxygen atoms in total. The Kier molecular flexibility index (Phi) is 6.06. The van der Waals surface area contributed by atoms with Gasteiger partial charge in [0.15, 0.2) is 0 Å². The van der Waals surface area contributed by atoms with Gasteiger partial charge >= 0.3 is 6.18 Å². The van der Waals surface area contributed by atoms with Crippen molar-refractivity contribution in [2.75, 3.05) is 39.3 Å². The Hall–Kier alpha value is -1.11. The lowest BCUT2D eigenvalue weighted by atomic mass is 10.0. The fourth-order valence-corrected chi connectivity index (χ4v) is 3.10. The van der Waals surface area contributed by atoms with Crippen LogP contribution in [0.25, 0.3) is 0 Å². The van der Waals surface area contributed by atoms with Gasteiger partial charge in [0.1, 0.15) is 0 Å². The second-order valence-corrected chi connectivity index (χ2v) is 6.55. The van der Waals surface area contributed by atoms with Crippen LogP contribution in [-0.4, -0.2) is 54.2 Å². The fourth-order valence-electron chi connectivity index (χ4n) is 3.10. The lowest BCUT2D eigenvalue weighted by Crippen LogP contribution is -2.49. The minimum atomic E-state index is -4.32. The smallest absolute Gasteiger partial charge is 0.394 e. The Morgan fingerprint density at radius 2 is 1.61 bits per heavy atom. The van der Waals surface area contributed by atoms with Crippen LogP contribution in [0.4, 0.5) is 13.2 Å². The number of alkyl halides is 3. The Balaban J connectivity index is 2.00. The van der Waals surface area contributed by atoms with E-state index in [1.165, 1.54) is 12.1 Å². The zero-order chi connectivity index (χ0) is 17.0. The van der Waals surface area contributed by atoms with Gasteiger partial charge in [-0.2, -0.15) is 13.2 Å². The van der Waals surface area contributed by atoms with Crippen molar-refractivity contribution in [1.29, 1.82) is 0 Å². The van der Waals surface area contributed by atoms with Crippen molar-refractivity contribution < 1.29 is 18.3 Å². The number of aliphatic hydroxyl groups excluding tert-OH is 1. The van der Waals surface area contributed by atoms with Gasteiger partial charge in [-0.05, 0) is 23.6 Å². The number of piperazine rings is 1. The number of hydrogen-bond donors (Lipinski definition) is 1. The third-order valence-corrected chi connectivity index (χ3v) is 4.27. The molecule has 1 aliphatic heterocycles. The Morgan fingerprint density at radius 1 is 1.04 bits per heavy atom. The number of hydrogen-bond acceptors (Lipinski definition) is 3. The molecular weight excluding hydrogens is 305 g/mol. The molecule has 130 valence electrons. The molecule has 1 aliphatic rings. The maximum absolute atomic E-state index is 12.6. The minimum Gasteiger partial charge on any atom is -0.394 e. The van der Waals surface area contributed by atoms with Crippen LogP contribution in [-0.2, 0) is 6.18 Å². The van der Waals surface area contributed by atoms with Gasteiger partial charge in [0.05, 0.1) is 18.2 Å². The molecule has 1 aromatic carbocycles. The zero-order valence-corrected chi connectivity index (χ0v) is 13.7. The van der Waals surface area contributed by atoms with E-state index in [1.54, 1.807) is 0 Å². The van der Waals surface area contributed by atoms with E-state index in [0.717, 1.165) is 50.4 Å². The van der Waals surface area contributed by atoms with Crippen LogP contribution in [0.2, 0.25) is 0 Å². The molecule has 0 amide bonds. The maximum atomic E-state index is 12.6. The van der Waals surface area contributed by atoms with Crippen molar-refractivity contribution in [3.63, 3.8) is 0 Å². The van der Waals surface area contributed by atoms with Gasteiger partial charge in [0, 0.05) is 32.7 Å². The van der Waals surface area contributed by atoms with E-state index < -0.39 is 11.7 Å². The van der Waals surface area contributed by atoms with Crippen LogP contribution in [0.5, 0.6) is 0 Å². The topological polar surface area (TPSA) is 26.7 Å². The first-order chi connectivity index (χ1) is 10.8. The van der Waals surface area contributed by atoms with Gasteiger partial charge in [-0.15, -0.1) is 0 Å². The molecule has 0 aromatic heterocycles. The van der Waals surface area contributed by atoms with E-state index in [4.69, 9.17) is 0 Å². The number of aliphatic hydroxyl groups is 1. The highest BCUT2D eigenvalue weighted by molar-refractivity contribution is 5.27. The summed E-state index contributed by atoms with van der Waals surface area (Å²) < 4.78 is 37.9. The Labute approximate surface area is 135 Å². The number of nitrogens with zero attached hydrogens (tertiary/aromatic N) is 2. The average molecular weight is 330 g/mol. The van der Waals surface area contributed by atoms with E-state index >= 15 is 0 Å². The molecule has 1 atom stereocenters. The number of benzene rings is 1. The summed E-state index contributed by atoms with van der Waals surface area (Å²) >= 11 is 0. The van der Waals surface area contributed by atoms with Crippen molar-refractivity contribution in [1.82, 2.24) is 9.80 Å². The summed E-state index contributed by atoms with van der Waals surface area (Å²) in [6.07, 6.45) is -4.32. The Bertz CT molecular complexity index is 480. The van der Waals surface area contributed by atoms with E-state index in [-0.39, 0.29) is 12.6 Å². The molecule has 1 heterocycles. The molecule has 2 rings (SSSR count). The van der Waals surface area contributed by atoms with Crippen LogP contribution in [0.1, 0.15) is 31.0 Å². The summed E-state index contributed by atoms with van der Waals surface area (Å²) in [6, 6.07) is 4.90. The first-order valence-corrected chi connectivity index (χ1v) is 8.05. The number of rotatable bonds is 5. The third kappa shape index (κ3) is 4.93. The second kappa shape index (κ2) is 7.64.